The molecule has 17 heavy (non-hydrogen) atoms. The molecule has 0 saturated heterocycles. The topological polar surface area (TPSA) is 49.3 Å². The third kappa shape index (κ3) is 2.65. The molecule has 2 aliphatic carbocycles. The van der Waals surface area contributed by atoms with Crippen molar-refractivity contribution in [3.8, 4) is 0 Å². The molecule has 3 heteroatoms. The summed E-state index contributed by atoms with van der Waals surface area (Å²) in [6, 6.07) is 0. The molecule has 0 spiro atoms. The Bertz CT molecular complexity index is 278. The highest BCUT2D eigenvalue weighted by atomic mass is 16.3. The highest BCUT2D eigenvalue weighted by Gasteiger charge is 2.44. The van der Waals surface area contributed by atoms with Crippen LogP contribution in [0.15, 0.2) is 0 Å². The van der Waals surface area contributed by atoms with Crippen LogP contribution in [0, 0.1) is 10.8 Å². The number of nitrogens with one attached hydrogen (secondary N) is 1. The predicted molar refractivity (Wildman–Crippen MR) is 67.6 cm³/mol. The van der Waals surface area contributed by atoms with E-state index in [0.29, 0.717) is 0 Å². The Kier molecular flexibility index (Phi) is 3.76. The van der Waals surface area contributed by atoms with Gasteiger partial charge in [0, 0.05) is 18.6 Å². The molecule has 0 unspecified atom stereocenters. The van der Waals surface area contributed by atoms with Gasteiger partial charge in [-0.3, -0.25) is 4.79 Å². The fourth-order valence-electron chi connectivity index (χ4n) is 3.18. The summed E-state index contributed by atoms with van der Waals surface area (Å²) in [5.41, 5.74) is 0.160. The standard InChI is InChI=1S/C14H25NO2/c1-2-14(5-3-4-6-14)12(17)15-11-13(7-8-13)9-10-16/h16H,2-11H2,1H3,(H,15,17). The summed E-state index contributed by atoms with van der Waals surface area (Å²) in [5.74, 6) is 0.265. The molecule has 2 aliphatic rings. The van der Waals surface area contributed by atoms with Crippen LogP contribution in [0.25, 0.3) is 0 Å². The van der Waals surface area contributed by atoms with E-state index in [4.69, 9.17) is 5.11 Å². The summed E-state index contributed by atoms with van der Waals surface area (Å²) in [4.78, 5) is 12.3. The number of rotatable bonds is 6. The minimum absolute atomic E-state index is 0.0741. The lowest BCUT2D eigenvalue weighted by atomic mass is 9.82. The molecule has 0 bridgehead atoms. The highest BCUT2D eigenvalue weighted by Crippen LogP contribution is 2.48. The Hall–Kier alpha value is -0.570. The van der Waals surface area contributed by atoms with Gasteiger partial charge in [0.2, 0.25) is 5.91 Å². The molecule has 0 aromatic heterocycles. The van der Waals surface area contributed by atoms with E-state index in [9.17, 15) is 4.79 Å². The normalized spacial score (nSPS) is 24.6. The van der Waals surface area contributed by atoms with Gasteiger partial charge in [-0.25, -0.2) is 0 Å². The molecule has 2 rings (SSSR count). The van der Waals surface area contributed by atoms with Crippen molar-refractivity contribution in [1.82, 2.24) is 5.32 Å². The van der Waals surface area contributed by atoms with Gasteiger partial charge in [0.05, 0.1) is 0 Å². The summed E-state index contributed by atoms with van der Waals surface area (Å²) >= 11 is 0. The number of aliphatic hydroxyl groups excluding tert-OH is 1. The van der Waals surface area contributed by atoms with Crippen molar-refractivity contribution in [3.05, 3.63) is 0 Å². The second kappa shape index (κ2) is 4.97. The second-order valence-corrected chi connectivity index (χ2v) is 6.00. The van der Waals surface area contributed by atoms with Gasteiger partial charge in [-0.15, -0.1) is 0 Å². The minimum atomic E-state index is -0.0741. The van der Waals surface area contributed by atoms with Crippen LogP contribution < -0.4 is 5.32 Å². The molecule has 0 aliphatic heterocycles. The molecule has 2 N–H and O–H groups in total. The Labute approximate surface area is 104 Å². The fraction of sp³-hybridized carbons (Fsp3) is 0.929. The van der Waals surface area contributed by atoms with Gasteiger partial charge in [-0.1, -0.05) is 19.8 Å². The zero-order valence-corrected chi connectivity index (χ0v) is 10.9. The zero-order valence-electron chi connectivity index (χ0n) is 10.9. The van der Waals surface area contributed by atoms with Crippen molar-refractivity contribution in [1.29, 1.82) is 0 Å². The lowest BCUT2D eigenvalue weighted by molar-refractivity contribution is -0.131. The van der Waals surface area contributed by atoms with E-state index in [1.807, 2.05) is 0 Å². The summed E-state index contributed by atoms with van der Waals surface area (Å²) in [6.45, 7) is 3.15. The molecular weight excluding hydrogens is 214 g/mol. The summed E-state index contributed by atoms with van der Waals surface area (Å²) in [6.07, 6.45) is 8.63. The fourth-order valence-corrected chi connectivity index (χ4v) is 3.18. The predicted octanol–water partition coefficient (Wildman–Crippen LogP) is 2.24. The highest BCUT2D eigenvalue weighted by molar-refractivity contribution is 5.82. The first-order chi connectivity index (χ1) is 8.16. The maximum Gasteiger partial charge on any atom is 0.226 e. The van der Waals surface area contributed by atoms with E-state index in [2.05, 4.69) is 12.2 Å². The van der Waals surface area contributed by atoms with Crippen LogP contribution in [-0.2, 0) is 4.79 Å². The Balaban J connectivity index is 1.84. The second-order valence-electron chi connectivity index (χ2n) is 6.00. The van der Waals surface area contributed by atoms with Crippen LogP contribution in [0.3, 0.4) is 0 Å². The van der Waals surface area contributed by atoms with Crippen molar-refractivity contribution < 1.29 is 9.90 Å². The zero-order chi connectivity index (χ0) is 12.4. The van der Waals surface area contributed by atoms with E-state index in [0.717, 1.165) is 45.1 Å². The molecule has 0 radical (unpaired) electrons. The van der Waals surface area contributed by atoms with E-state index in [1.165, 1.54) is 12.8 Å². The Morgan fingerprint density at radius 2 is 1.88 bits per heavy atom. The van der Waals surface area contributed by atoms with Crippen molar-refractivity contribution >= 4 is 5.91 Å². The van der Waals surface area contributed by atoms with Crippen molar-refractivity contribution in [3.63, 3.8) is 0 Å². The van der Waals surface area contributed by atoms with Gasteiger partial charge in [0.25, 0.3) is 0 Å². The monoisotopic (exact) mass is 239 g/mol. The third-order valence-electron chi connectivity index (χ3n) is 4.94. The SMILES string of the molecule is CCC1(C(=O)NCC2(CCO)CC2)CCCC1. The molecule has 2 fully saturated rings. The molecule has 0 aromatic carbocycles. The summed E-state index contributed by atoms with van der Waals surface area (Å²) in [5, 5.41) is 12.2. The number of amides is 1. The van der Waals surface area contributed by atoms with Gasteiger partial charge in [0.1, 0.15) is 0 Å². The van der Waals surface area contributed by atoms with Crippen LogP contribution in [0.5, 0.6) is 0 Å². The average Bonchev–Trinajstić information content (AvgIpc) is 2.93. The van der Waals surface area contributed by atoms with Gasteiger partial charge >= 0.3 is 0 Å². The lowest BCUT2D eigenvalue weighted by Crippen LogP contribution is -2.41. The quantitative estimate of drug-likeness (QED) is 0.747. The molecular formula is C14H25NO2. The molecule has 3 nitrogen and oxygen atoms in total. The Morgan fingerprint density at radius 1 is 1.24 bits per heavy atom. The molecule has 0 atom stereocenters. The minimum Gasteiger partial charge on any atom is -0.396 e. The van der Waals surface area contributed by atoms with Crippen LogP contribution >= 0.6 is 0 Å². The van der Waals surface area contributed by atoms with Gasteiger partial charge in [0.15, 0.2) is 0 Å². The van der Waals surface area contributed by atoms with Gasteiger partial charge in [-0.05, 0) is 43.9 Å². The maximum atomic E-state index is 12.3. The van der Waals surface area contributed by atoms with Crippen LogP contribution in [0.4, 0.5) is 0 Å². The van der Waals surface area contributed by atoms with Gasteiger partial charge < -0.3 is 10.4 Å². The van der Waals surface area contributed by atoms with E-state index in [1.54, 1.807) is 0 Å². The maximum absolute atomic E-state index is 12.3. The van der Waals surface area contributed by atoms with Crippen LogP contribution in [-0.4, -0.2) is 24.2 Å². The first-order valence-corrected chi connectivity index (χ1v) is 7.06. The van der Waals surface area contributed by atoms with Crippen molar-refractivity contribution in [2.75, 3.05) is 13.2 Å². The van der Waals surface area contributed by atoms with E-state index >= 15 is 0 Å². The molecule has 2 saturated carbocycles. The third-order valence-corrected chi connectivity index (χ3v) is 4.94. The van der Waals surface area contributed by atoms with Crippen molar-refractivity contribution in [2.24, 2.45) is 10.8 Å². The number of aliphatic hydroxyl groups is 1. The summed E-state index contributed by atoms with van der Waals surface area (Å²) < 4.78 is 0. The Morgan fingerprint density at radius 3 is 2.35 bits per heavy atom. The number of hydrogen-bond donors (Lipinski definition) is 2. The van der Waals surface area contributed by atoms with Gasteiger partial charge in [-0.2, -0.15) is 0 Å². The van der Waals surface area contributed by atoms with Crippen LogP contribution in [0.1, 0.15) is 58.3 Å². The average molecular weight is 239 g/mol. The molecule has 0 aromatic rings. The molecule has 98 valence electrons. The molecule has 0 heterocycles. The first kappa shape index (κ1) is 12.9. The van der Waals surface area contributed by atoms with E-state index < -0.39 is 0 Å². The number of hydrogen-bond acceptors (Lipinski definition) is 2. The first-order valence-electron chi connectivity index (χ1n) is 7.06. The lowest BCUT2D eigenvalue weighted by Gasteiger charge is -2.27. The van der Waals surface area contributed by atoms with Crippen LogP contribution in [0.2, 0.25) is 0 Å². The number of carbonyl (C=O) groups is 1. The largest absolute Gasteiger partial charge is 0.396 e. The van der Waals surface area contributed by atoms with E-state index in [-0.39, 0.29) is 23.3 Å². The summed E-state index contributed by atoms with van der Waals surface area (Å²) in [7, 11) is 0. The number of carbonyl (C=O) groups excluding carboxylic acids is 1. The smallest absolute Gasteiger partial charge is 0.226 e. The molecule has 1 amide bonds. The van der Waals surface area contributed by atoms with Crippen molar-refractivity contribution in [2.45, 2.75) is 58.3 Å².